The van der Waals surface area contributed by atoms with E-state index in [9.17, 15) is 12.8 Å². The highest BCUT2D eigenvalue weighted by atomic mass is 32.2. The number of sulfonamides is 1. The number of nitrogens with one attached hydrogen (secondary N) is 1. The molecule has 2 aromatic rings. The lowest BCUT2D eigenvalue weighted by Gasteiger charge is -2.02. The van der Waals surface area contributed by atoms with E-state index in [1.165, 1.54) is 18.2 Å². The first-order chi connectivity index (χ1) is 9.41. The Morgan fingerprint density at radius 1 is 1.50 bits per heavy atom. The average Bonchev–Trinajstić information content (AvgIpc) is 2.76. The van der Waals surface area contributed by atoms with Gasteiger partial charge in [-0.3, -0.25) is 4.72 Å². The van der Waals surface area contributed by atoms with Gasteiger partial charge in [0.15, 0.2) is 5.13 Å². The van der Waals surface area contributed by atoms with Crippen LogP contribution in [0.4, 0.5) is 15.2 Å². The zero-order valence-corrected chi connectivity index (χ0v) is 12.0. The first kappa shape index (κ1) is 14.5. The van der Waals surface area contributed by atoms with E-state index >= 15 is 0 Å². The van der Waals surface area contributed by atoms with Gasteiger partial charge in [-0.2, -0.15) is 0 Å². The van der Waals surface area contributed by atoms with Crippen molar-refractivity contribution in [2.75, 3.05) is 16.2 Å². The Kier molecular flexibility index (Phi) is 4.05. The number of benzene rings is 1. The molecule has 1 aromatic heterocycles. The fourth-order valence-corrected chi connectivity index (χ4v) is 3.35. The molecule has 0 atom stereocenters. The Labute approximate surface area is 120 Å². The van der Waals surface area contributed by atoms with E-state index in [1.807, 2.05) is 0 Å². The van der Waals surface area contributed by atoms with Crippen molar-refractivity contribution >= 4 is 32.2 Å². The van der Waals surface area contributed by atoms with Crippen LogP contribution < -0.4 is 10.5 Å². The van der Waals surface area contributed by atoms with Gasteiger partial charge in [0.1, 0.15) is 5.82 Å². The molecule has 1 aromatic carbocycles. The second-order valence-corrected chi connectivity index (χ2v) is 6.57. The van der Waals surface area contributed by atoms with Gasteiger partial charge < -0.3 is 5.73 Å². The molecule has 0 fully saturated rings. The van der Waals surface area contributed by atoms with Crippen LogP contribution in [0.5, 0.6) is 0 Å². The molecule has 0 saturated heterocycles. The zero-order valence-electron chi connectivity index (χ0n) is 10.3. The van der Waals surface area contributed by atoms with Gasteiger partial charge in [0.25, 0.3) is 0 Å². The van der Waals surface area contributed by atoms with Gasteiger partial charge in [-0.1, -0.05) is 6.08 Å². The summed E-state index contributed by atoms with van der Waals surface area (Å²) in [6, 6.07) is 4.25. The highest BCUT2D eigenvalue weighted by Crippen LogP contribution is 2.28. The maximum Gasteiger partial charge on any atom is 0.238 e. The van der Waals surface area contributed by atoms with E-state index in [4.69, 9.17) is 5.73 Å². The average molecular weight is 313 g/mol. The molecule has 106 valence electrons. The minimum atomic E-state index is -3.50. The summed E-state index contributed by atoms with van der Waals surface area (Å²) in [7, 11) is -3.50. The largest absolute Gasteiger partial charge is 0.399 e. The molecule has 20 heavy (non-hydrogen) atoms. The Bertz CT molecular complexity index is 741. The topological polar surface area (TPSA) is 85.1 Å². The third kappa shape index (κ3) is 3.34. The monoisotopic (exact) mass is 313 g/mol. The summed E-state index contributed by atoms with van der Waals surface area (Å²) in [5.74, 6) is -0.714. The van der Waals surface area contributed by atoms with Gasteiger partial charge in [-0.05, 0) is 18.2 Å². The van der Waals surface area contributed by atoms with Crippen molar-refractivity contribution in [2.24, 2.45) is 0 Å². The van der Waals surface area contributed by atoms with Crippen molar-refractivity contribution in [3.63, 3.8) is 0 Å². The van der Waals surface area contributed by atoms with Gasteiger partial charge in [0.05, 0.1) is 11.4 Å². The normalized spacial score (nSPS) is 11.2. The maximum atomic E-state index is 13.7. The lowest BCUT2D eigenvalue weighted by molar-refractivity contribution is 0.604. The molecule has 8 heteroatoms. The van der Waals surface area contributed by atoms with Crippen molar-refractivity contribution in [2.45, 2.75) is 0 Å². The highest BCUT2D eigenvalue weighted by Gasteiger charge is 2.13. The summed E-state index contributed by atoms with van der Waals surface area (Å²) in [5.41, 5.74) is 6.40. The summed E-state index contributed by atoms with van der Waals surface area (Å²) in [6.45, 7) is 3.36. The summed E-state index contributed by atoms with van der Waals surface area (Å²) >= 11 is 1.08. The van der Waals surface area contributed by atoms with Crippen LogP contribution in [0.3, 0.4) is 0 Å². The maximum absolute atomic E-state index is 13.7. The van der Waals surface area contributed by atoms with Crippen LogP contribution in [-0.2, 0) is 10.0 Å². The van der Waals surface area contributed by atoms with Crippen molar-refractivity contribution in [1.29, 1.82) is 0 Å². The van der Waals surface area contributed by atoms with Crippen molar-refractivity contribution in [3.05, 3.63) is 42.1 Å². The van der Waals surface area contributed by atoms with Crippen LogP contribution in [0.1, 0.15) is 0 Å². The number of thiazole rings is 1. The molecule has 0 aliphatic heterocycles. The molecule has 0 aliphatic rings. The number of nitrogens with two attached hydrogens (primary N) is 1. The van der Waals surface area contributed by atoms with E-state index in [1.54, 1.807) is 11.4 Å². The number of anilines is 2. The standard InChI is InChI=1S/C12H12FN3O2S2/c1-2-5-20(17,18)16-12-15-11(7-19-12)9-4-3-8(14)6-10(9)13/h2-4,6-7H,1,5,14H2,(H,15,16). The number of rotatable bonds is 5. The fraction of sp³-hybridized carbons (Fsp3) is 0.0833. The van der Waals surface area contributed by atoms with Crippen molar-refractivity contribution in [1.82, 2.24) is 4.98 Å². The van der Waals surface area contributed by atoms with Gasteiger partial charge >= 0.3 is 0 Å². The van der Waals surface area contributed by atoms with E-state index in [-0.39, 0.29) is 16.4 Å². The summed E-state index contributed by atoms with van der Waals surface area (Å²) in [5, 5.41) is 1.75. The third-order valence-corrected chi connectivity index (χ3v) is 4.42. The summed E-state index contributed by atoms with van der Waals surface area (Å²) in [4.78, 5) is 4.05. The molecule has 0 amide bonds. The lowest BCUT2D eigenvalue weighted by Crippen LogP contribution is -2.14. The molecule has 2 rings (SSSR count). The first-order valence-electron chi connectivity index (χ1n) is 5.53. The number of hydrogen-bond donors (Lipinski definition) is 2. The highest BCUT2D eigenvalue weighted by molar-refractivity contribution is 7.93. The van der Waals surface area contributed by atoms with Crippen LogP contribution >= 0.6 is 11.3 Å². The number of halogens is 1. The molecule has 5 nitrogen and oxygen atoms in total. The van der Waals surface area contributed by atoms with Crippen LogP contribution in [0.2, 0.25) is 0 Å². The van der Waals surface area contributed by atoms with Crippen molar-refractivity contribution < 1.29 is 12.8 Å². The van der Waals surface area contributed by atoms with Gasteiger partial charge in [-0.25, -0.2) is 17.8 Å². The number of hydrogen-bond acceptors (Lipinski definition) is 5. The van der Waals surface area contributed by atoms with Crippen molar-refractivity contribution in [3.8, 4) is 11.3 Å². The number of aromatic nitrogens is 1. The van der Waals surface area contributed by atoms with E-state index in [0.29, 0.717) is 11.4 Å². The SMILES string of the molecule is C=CCS(=O)(=O)Nc1nc(-c2ccc(N)cc2F)cs1. The second kappa shape index (κ2) is 5.59. The predicted octanol–water partition coefficient (Wildman–Crippen LogP) is 2.46. The van der Waals surface area contributed by atoms with Crippen LogP contribution in [0.15, 0.2) is 36.2 Å². The Hall–Kier alpha value is -1.93. The molecular weight excluding hydrogens is 301 g/mol. The predicted molar refractivity (Wildman–Crippen MR) is 79.5 cm³/mol. The number of nitrogen functional groups attached to an aromatic ring is 1. The first-order valence-corrected chi connectivity index (χ1v) is 8.07. The molecule has 0 saturated carbocycles. The molecule has 0 bridgehead atoms. The zero-order chi connectivity index (χ0) is 14.8. The fourth-order valence-electron chi connectivity index (χ4n) is 1.51. The van der Waals surface area contributed by atoms with Crippen LogP contribution in [0.25, 0.3) is 11.3 Å². The van der Waals surface area contributed by atoms with Gasteiger partial charge in [-0.15, -0.1) is 17.9 Å². The molecule has 0 spiro atoms. The number of nitrogens with zero attached hydrogens (tertiary/aromatic N) is 1. The van der Waals surface area contributed by atoms with E-state index < -0.39 is 15.8 Å². The Morgan fingerprint density at radius 2 is 2.25 bits per heavy atom. The quantitative estimate of drug-likeness (QED) is 0.656. The van der Waals surface area contributed by atoms with Gasteiger partial charge in [0.2, 0.25) is 10.0 Å². The molecule has 0 radical (unpaired) electrons. The molecule has 1 heterocycles. The Morgan fingerprint density at radius 3 is 2.90 bits per heavy atom. The summed E-state index contributed by atoms with van der Waals surface area (Å²) < 4.78 is 39.1. The molecule has 0 aliphatic carbocycles. The molecular formula is C12H12FN3O2S2. The Balaban J connectivity index is 2.27. The van der Waals surface area contributed by atoms with Crippen LogP contribution in [0, 0.1) is 5.82 Å². The van der Waals surface area contributed by atoms with E-state index in [2.05, 4.69) is 16.3 Å². The second-order valence-electron chi connectivity index (χ2n) is 3.95. The minimum absolute atomic E-state index is 0.179. The summed E-state index contributed by atoms with van der Waals surface area (Å²) in [6.07, 6.45) is 1.27. The molecule has 3 N–H and O–H groups in total. The lowest BCUT2D eigenvalue weighted by atomic mass is 10.1. The minimum Gasteiger partial charge on any atom is -0.399 e. The van der Waals surface area contributed by atoms with E-state index in [0.717, 1.165) is 11.3 Å². The molecule has 0 unspecified atom stereocenters. The third-order valence-electron chi connectivity index (χ3n) is 2.35. The smallest absolute Gasteiger partial charge is 0.238 e. The van der Waals surface area contributed by atoms with Crippen LogP contribution in [-0.4, -0.2) is 19.2 Å². The van der Waals surface area contributed by atoms with Gasteiger partial charge in [0, 0.05) is 16.6 Å².